The van der Waals surface area contributed by atoms with E-state index in [2.05, 4.69) is 20.9 Å². The maximum atomic E-state index is 12.6. The van der Waals surface area contributed by atoms with E-state index in [1.54, 1.807) is 37.3 Å². The molecule has 2 aromatic carbocycles. The Morgan fingerprint density at radius 3 is 2.61 bits per heavy atom. The van der Waals surface area contributed by atoms with Crippen LogP contribution in [0.2, 0.25) is 5.02 Å². The van der Waals surface area contributed by atoms with Gasteiger partial charge in [0, 0.05) is 11.8 Å². The second kappa shape index (κ2) is 8.65. The van der Waals surface area contributed by atoms with Crippen LogP contribution in [-0.2, 0) is 11.3 Å². The fraction of sp³-hybridized carbons (Fsp3) is 0.238. The normalized spacial score (nSPS) is 12.4. The first kappa shape index (κ1) is 20.7. The number of aryl methyl sites for hydroxylation is 1. The van der Waals surface area contributed by atoms with Gasteiger partial charge in [0.15, 0.2) is 17.2 Å². The zero-order chi connectivity index (χ0) is 22.0. The van der Waals surface area contributed by atoms with Crippen molar-refractivity contribution in [3.63, 3.8) is 0 Å². The van der Waals surface area contributed by atoms with Gasteiger partial charge in [-0.05, 0) is 43.7 Å². The number of halogens is 1. The van der Waals surface area contributed by atoms with Gasteiger partial charge in [-0.2, -0.15) is 0 Å². The van der Waals surface area contributed by atoms with E-state index in [-0.39, 0.29) is 18.1 Å². The van der Waals surface area contributed by atoms with Crippen molar-refractivity contribution in [3.05, 3.63) is 58.4 Å². The second-order valence-electron chi connectivity index (χ2n) is 7.03. The lowest BCUT2D eigenvalue weighted by Gasteiger charge is -2.19. The van der Waals surface area contributed by atoms with Crippen LogP contribution in [0.5, 0.6) is 11.5 Å². The predicted octanol–water partition coefficient (Wildman–Crippen LogP) is 3.21. The average Bonchev–Trinajstić information content (AvgIpc) is 3.10. The summed E-state index contributed by atoms with van der Waals surface area (Å²) in [6, 6.07) is 10.5. The SMILES string of the molecule is Cc1ccc(NC(=O)c2nnn(CC(=O)Nc3ccc4c(c3)OCCO4)c2C)c(Cl)c1. The third-order valence-corrected chi connectivity index (χ3v) is 5.00. The van der Waals surface area contributed by atoms with E-state index in [0.717, 1.165) is 5.56 Å². The first-order valence-electron chi connectivity index (χ1n) is 9.58. The molecule has 2 N–H and O–H groups in total. The first-order chi connectivity index (χ1) is 14.9. The van der Waals surface area contributed by atoms with Crippen molar-refractivity contribution in [3.8, 4) is 11.5 Å². The molecule has 1 aromatic heterocycles. The summed E-state index contributed by atoms with van der Waals surface area (Å²) in [6.45, 7) is 4.43. The van der Waals surface area contributed by atoms with E-state index in [1.807, 2.05) is 13.0 Å². The predicted molar refractivity (Wildman–Crippen MR) is 115 cm³/mol. The fourth-order valence-electron chi connectivity index (χ4n) is 3.08. The molecule has 0 fully saturated rings. The van der Waals surface area contributed by atoms with E-state index < -0.39 is 5.91 Å². The van der Waals surface area contributed by atoms with Gasteiger partial charge in [-0.3, -0.25) is 9.59 Å². The van der Waals surface area contributed by atoms with Crippen molar-refractivity contribution in [2.24, 2.45) is 0 Å². The lowest BCUT2D eigenvalue weighted by atomic mass is 10.2. The van der Waals surface area contributed by atoms with Gasteiger partial charge in [0.05, 0.1) is 16.4 Å². The Labute approximate surface area is 183 Å². The molecule has 0 atom stereocenters. The summed E-state index contributed by atoms with van der Waals surface area (Å²) in [5.41, 5.74) is 2.59. The van der Waals surface area contributed by atoms with Gasteiger partial charge < -0.3 is 20.1 Å². The third-order valence-electron chi connectivity index (χ3n) is 4.69. The first-order valence-corrected chi connectivity index (χ1v) is 9.95. The number of amides is 2. The van der Waals surface area contributed by atoms with E-state index in [1.165, 1.54) is 4.68 Å². The van der Waals surface area contributed by atoms with Crippen LogP contribution in [0.3, 0.4) is 0 Å². The number of hydrogen-bond donors (Lipinski definition) is 2. The molecule has 0 unspecified atom stereocenters. The van der Waals surface area contributed by atoms with Crippen LogP contribution in [-0.4, -0.2) is 40.0 Å². The molecule has 0 saturated carbocycles. The molecule has 31 heavy (non-hydrogen) atoms. The van der Waals surface area contributed by atoms with Crippen molar-refractivity contribution in [1.29, 1.82) is 0 Å². The Morgan fingerprint density at radius 2 is 1.84 bits per heavy atom. The maximum absolute atomic E-state index is 12.6. The molecule has 10 heteroatoms. The number of carbonyl (C=O) groups excluding carboxylic acids is 2. The number of carbonyl (C=O) groups is 2. The highest BCUT2D eigenvalue weighted by Gasteiger charge is 2.19. The van der Waals surface area contributed by atoms with Crippen molar-refractivity contribution in [1.82, 2.24) is 15.0 Å². The molecule has 1 aliphatic heterocycles. The number of rotatable bonds is 5. The molecule has 0 aliphatic carbocycles. The van der Waals surface area contributed by atoms with Crippen LogP contribution in [0.1, 0.15) is 21.7 Å². The van der Waals surface area contributed by atoms with Crippen LogP contribution in [0, 0.1) is 13.8 Å². The monoisotopic (exact) mass is 441 g/mol. The number of nitrogens with one attached hydrogen (secondary N) is 2. The Morgan fingerprint density at radius 1 is 1.06 bits per heavy atom. The molecule has 0 spiro atoms. The van der Waals surface area contributed by atoms with Crippen LogP contribution >= 0.6 is 11.6 Å². The topological polar surface area (TPSA) is 107 Å². The summed E-state index contributed by atoms with van der Waals surface area (Å²) in [6.07, 6.45) is 0. The lowest BCUT2D eigenvalue weighted by Crippen LogP contribution is -2.21. The van der Waals surface area contributed by atoms with E-state index >= 15 is 0 Å². The minimum absolute atomic E-state index is 0.105. The third kappa shape index (κ3) is 4.61. The summed E-state index contributed by atoms with van der Waals surface area (Å²) < 4.78 is 12.3. The highest BCUT2D eigenvalue weighted by Crippen LogP contribution is 2.32. The van der Waals surface area contributed by atoms with Crippen LogP contribution in [0.15, 0.2) is 36.4 Å². The molecular weight excluding hydrogens is 422 g/mol. The lowest BCUT2D eigenvalue weighted by molar-refractivity contribution is -0.117. The Balaban J connectivity index is 1.42. The Kier molecular flexibility index (Phi) is 5.77. The van der Waals surface area contributed by atoms with Crippen LogP contribution < -0.4 is 20.1 Å². The van der Waals surface area contributed by atoms with Gasteiger partial charge in [-0.15, -0.1) is 5.10 Å². The molecular formula is C21H20ClN5O4. The Bertz CT molecular complexity index is 1160. The summed E-state index contributed by atoms with van der Waals surface area (Å²) in [7, 11) is 0. The van der Waals surface area contributed by atoms with Crippen molar-refractivity contribution in [2.75, 3.05) is 23.8 Å². The minimum Gasteiger partial charge on any atom is -0.486 e. The maximum Gasteiger partial charge on any atom is 0.278 e. The molecule has 1 aliphatic rings. The number of benzene rings is 2. The smallest absolute Gasteiger partial charge is 0.278 e. The number of nitrogens with zero attached hydrogens (tertiary/aromatic N) is 3. The fourth-order valence-corrected chi connectivity index (χ4v) is 3.36. The number of fused-ring (bicyclic) bond motifs is 1. The van der Waals surface area contributed by atoms with Crippen molar-refractivity contribution < 1.29 is 19.1 Å². The van der Waals surface area contributed by atoms with Gasteiger partial charge in [0.25, 0.3) is 5.91 Å². The van der Waals surface area contributed by atoms with E-state index in [4.69, 9.17) is 21.1 Å². The van der Waals surface area contributed by atoms with Crippen LogP contribution in [0.4, 0.5) is 11.4 Å². The molecule has 2 heterocycles. The van der Waals surface area contributed by atoms with Crippen molar-refractivity contribution in [2.45, 2.75) is 20.4 Å². The number of hydrogen-bond acceptors (Lipinski definition) is 6. The van der Waals surface area contributed by atoms with Crippen LogP contribution in [0.25, 0.3) is 0 Å². The number of ether oxygens (including phenoxy) is 2. The molecule has 2 amide bonds. The van der Waals surface area contributed by atoms with Crippen molar-refractivity contribution >= 4 is 34.8 Å². The van der Waals surface area contributed by atoms with Gasteiger partial charge in [-0.1, -0.05) is 22.9 Å². The zero-order valence-electron chi connectivity index (χ0n) is 16.9. The molecule has 0 saturated heterocycles. The van der Waals surface area contributed by atoms with E-state index in [0.29, 0.717) is 46.8 Å². The van der Waals surface area contributed by atoms with Gasteiger partial charge in [0.2, 0.25) is 5.91 Å². The minimum atomic E-state index is -0.457. The summed E-state index contributed by atoms with van der Waals surface area (Å²) >= 11 is 6.17. The summed E-state index contributed by atoms with van der Waals surface area (Å²) in [4.78, 5) is 25.0. The largest absolute Gasteiger partial charge is 0.486 e. The summed E-state index contributed by atoms with van der Waals surface area (Å²) in [5, 5.41) is 13.8. The van der Waals surface area contributed by atoms with Gasteiger partial charge in [-0.25, -0.2) is 4.68 Å². The number of anilines is 2. The molecule has 160 valence electrons. The standard InChI is InChI=1S/C21H20ClN5O4/c1-12-3-5-16(15(22)9-12)24-21(29)20-13(2)27(26-25-20)11-19(28)23-14-4-6-17-18(10-14)31-8-7-30-17/h3-6,9-10H,7-8,11H2,1-2H3,(H,23,28)(H,24,29). The molecule has 0 radical (unpaired) electrons. The van der Waals surface area contributed by atoms with Gasteiger partial charge >= 0.3 is 0 Å². The summed E-state index contributed by atoms with van der Waals surface area (Å²) in [5.74, 6) is 0.440. The molecule has 0 bridgehead atoms. The highest BCUT2D eigenvalue weighted by atomic mass is 35.5. The quantitative estimate of drug-likeness (QED) is 0.629. The zero-order valence-corrected chi connectivity index (χ0v) is 17.7. The Hall–Kier alpha value is -3.59. The second-order valence-corrected chi connectivity index (χ2v) is 7.43. The average molecular weight is 442 g/mol. The molecule has 3 aromatic rings. The highest BCUT2D eigenvalue weighted by molar-refractivity contribution is 6.34. The van der Waals surface area contributed by atoms with Gasteiger partial charge in [0.1, 0.15) is 19.8 Å². The molecule has 4 rings (SSSR count). The van der Waals surface area contributed by atoms with E-state index in [9.17, 15) is 9.59 Å². The molecule has 9 nitrogen and oxygen atoms in total. The number of aromatic nitrogens is 3.